The van der Waals surface area contributed by atoms with Gasteiger partial charge in [0.1, 0.15) is 0 Å². The van der Waals surface area contributed by atoms with Gasteiger partial charge in [0.15, 0.2) is 5.75 Å². The van der Waals surface area contributed by atoms with E-state index >= 15 is 0 Å². The summed E-state index contributed by atoms with van der Waals surface area (Å²) in [6, 6.07) is 6.97. The third-order valence-electron chi connectivity index (χ3n) is 11.8. The van der Waals surface area contributed by atoms with Gasteiger partial charge in [-0.25, -0.2) is 0 Å². The van der Waals surface area contributed by atoms with Gasteiger partial charge in [-0.2, -0.15) is 5.48 Å². The molecule has 0 aliphatic heterocycles. The largest absolute Gasteiger partial charge is 0.399 e. The van der Waals surface area contributed by atoms with Crippen LogP contribution in [0.4, 0.5) is 5.69 Å². The Balaban J connectivity index is 1.08. The van der Waals surface area contributed by atoms with Gasteiger partial charge in [0.25, 0.3) is 5.91 Å². The van der Waals surface area contributed by atoms with Crippen molar-refractivity contribution in [2.45, 2.75) is 104 Å². The van der Waals surface area contributed by atoms with Crippen molar-refractivity contribution in [2.24, 2.45) is 46.3 Å². The molecule has 0 heterocycles. The van der Waals surface area contributed by atoms with Gasteiger partial charge >= 0.3 is 0 Å². The summed E-state index contributed by atoms with van der Waals surface area (Å²) in [5.74, 6) is 5.95. The average molecular weight is 507 g/mol. The van der Waals surface area contributed by atoms with Crippen molar-refractivity contribution < 1.29 is 9.63 Å². The van der Waals surface area contributed by atoms with Crippen LogP contribution in [0.25, 0.3) is 0 Å². The number of fused-ring (bicyclic) bond motifs is 5. The quantitative estimate of drug-likeness (QED) is 0.162. The first-order valence-corrected chi connectivity index (χ1v) is 15.3. The summed E-state index contributed by atoms with van der Waals surface area (Å²) in [6.45, 7) is 7.90. The third-order valence-corrected chi connectivity index (χ3v) is 11.8. The molecule has 0 radical (unpaired) electrons. The number of allylic oxidation sites excluding steroid dienone is 1. The number of benzene rings is 1. The van der Waals surface area contributed by atoms with Crippen LogP contribution in [0, 0.1) is 46.3 Å². The number of carbonyl (C=O) groups is 1. The van der Waals surface area contributed by atoms with Crippen LogP contribution in [0.5, 0.6) is 5.75 Å². The van der Waals surface area contributed by atoms with Crippen molar-refractivity contribution >= 4 is 11.6 Å². The molecule has 4 aliphatic rings. The molecule has 0 saturated heterocycles. The molecule has 4 saturated carbocycles. The van der Waals surface area contributed by atoms with E-state index in [-0.39, 0.29) is 5.91 Å². The van der Waals surface area contributed by atoms with Gasteiger partial charge < -0.3 is 10.6 Å². The second kappa shape index (κ2) is 11.0. The zero-order valence-corrected chi connectivity index (χ0v) is 23.5. The van der Waals surface area contributed by atoms with E-state index in [4.69, 9.17) is 10.6 Å². The number of amides is 1. The van der Waals surface area contributed by atoms with E-state index in [0.29, 0.717) is 22.3 Å². The number of carbonyl (C=O) groups excluding carboxylic acids is 1. The molecule has 0 aromatic heterocycles. The first-order chi connectivity index (χ1) is 17.8. The number of unbranched alkanes of at least 4 members (excludes halogenated alkanes) is 1. The molecule has 4 heteroatoms. The van der Waals surface area contributed by atoms with Gasteiger partial charge in [-0.3, -0.25) is 4.79 Å². The lowest BCUT2D eigenvalue weighted by atomic mass is 9.44. The standard InChI is InChI=1S/C33H50N2O2/c1-23(9-5-4-6-11-31(36)35-37-26-15-13-25(34)14-16-26)28-18-19-29-27-17-12-24-10-7-8-21-32(24,2)30(27)20-22-33(28,29)3/h6,11,13-16,23-24,27-30H,4-5,7-10,12,17-22,34H2,1-3H3,(H,35,36)/t23?,24?,27-,28+,29-,30-,32-,33+/m0/s1. The van der Waals surface area contributed by atoms with Crippen LogP contribution >= 0.6 is 0 Å². The lowest BCUT2D eigenvalue weighted by molar-refractivity contribution is -0.122. The second-order valence-electron chi connectivity index (χ2n) is 13.6. The lowest BCUT2D eigenvalue weighted by Gasteiger charge is -2.61. The first kappa shape index (κ1) is 26.6. The van der Waals surface area contributed by atoms with Crippen LogP contribution in [0.15, 0.2) is 36.4 Å². The number of nitrogen functional groups attached to an aromatic ring is 1. The summed E-state index contributed by atoms with van der Waals surface area (Å²) in [7, 11) is 0. The van der Waals surface area contributed by atoms with E-state index in [2.05, 4.69) is 26.3 Å². The topological polar surface area (TPSA) is 64.3 Å². The van der Waals surface area contributed by atoms with Crippen LogP contribution in [0.3, 0.4) is 0 Å². The average Bonchev–Trinajstić information content (AvgIpc) is 3.25. The fourth-order valence-electron chi connectivity index (χ4n) is 9.90. The molecule has 204 valence electrons. The van der Waals surface area contributed by atoms with Crippen molar-refractivity contribution in [3.63, 3.8) is 0 Å². The predicted molar refractivity (Wildman–Crippen MR) is 152 cm³/mol. The Morgan fingerprint density at radius 3 is 2.62 bits per heavy atom. The number of anilines is 1. The van der Waals surface area contributed by atoms with E-state index in [0.717, 1.165) is 48.3 Å². The van der Waals surface area contributed by atoms with Crippen molar-refractivity contribution in [1.29, 1.82) is 0 Å². The third kappa shape index (κ3) is 5.32. The van der Waals surface area contributed by atoms with Crippen LogP contribution in [0.1, 0.15) is 104 Å². The Hall–Kier alpha value is -1.97. The van der Waals surface area contributed by atoms with Crippen molar-refractivity contribution in [1.82, 2.24) is 5.48 Å². The molecule has 4 aliphatic carbocycles. The molecular weight excluding hydrogens is 456 g/mol. The van der Waals surface area contributed by atoms with Gasteiger partial charge in [0.05, 0.1) is 0 Å². The summed E-state index contributed by atoms with van der Waals surface area (Å²) in [5.41, 5.74) is 10.0. The Morgan fingerprint density at radius 2 is 1.81 bits per heavy atom. The fourth-order valence-corrected chi connectivity index (χ4v) is 9.90. The number of nitrogens with one attached hydrogen (secondary N) is 1. The molecule has 1 aromatic rings. The SMILES string of the molecule is CC(CCCC=CC(=O)NOc1ccc(N)cc1)[C@H]1CC[C@H]2[C@@H]3CCC4CCCC[C@]4(C)[C@H]3CC[C@]12C. The van der Waals surface area contributed by atoms with Gasteiger partial charge in [0.2, 0.25) is 0 Å². The highest BCUT2D eigenvalue weighted by Crippen LogP contribution is 2.68. The maximum absolute atomic E-state index is 12.1. The second-order valence-corrected chi connectivity index (χ2v) is 13.6. The van der Waals surface area contributed by atoms with Crippen molar-refractivity contribution in [2.75, 3.05) is 5.73 Å². The number of hydrogen-bond donors (Lipinski definition) is 2. The maximum atomic E-state index is 12.1. The molecule has 37 heavy (non-hydrogen) atoms. The fraction of sp³-hybridized carbons (Fsp3) is 0.727. The molecule has 1 amide bonds. The van der Waals surface area contributed by atoms with E-state index in [1.807, 2.05) is 6.08 Å². The molecule has 0 spiro atoms. The lowest BCUT2D eigenvalue weighted by Crippen LogP contribution is -2.53. The molecule has 4 fully saturated rings. The summed E-state index contributed by atoms with van der Waals surface area (Å²) < 4.78 is 0. The van der Waals surface area contributed by atoms with E-state index in [9.17, 15) is 4.79 Å². The Labute approximate surface area is 225 Å². The van der Waals surface area contributed by atoms with Crippen molar-refractivity contribution in [3.05, 3.63) is 36.4 Å². The summed E-state index contributed by atoms with van der Waals surface area (Å²) in [5, 5.41) is 0. The van der Waals surface area contributed by atoms with Gasteiger partial charge in [-0.1, -0.05) is 46.1 Å². The summed E-state index contributed by atoms with van der Waals surface area (Å²) in [6.07, 6.45) is 21.8. The summed E-state index contributed by atoms with van der Waals surface area (Å²) >= 11 is 0. The van der Waals surface area contributed by atoms with Gasteiger partial charge in [-0.05, 0) is 135 Å². The smallest absolute Gasteiger partial charge is 0.276 e. The highest BCUT2D eigenvalue weighted by atomic mass is 16.7. The van der Waals surface area contributed by atoms with Gasteiger partial charge in [0, 0.05) is 11.8 Å². The molecular formula is C33H50N2O2. The molecule has 3 N–H and O–H groups in total. The summed E-state index contributed by atoms with van der Waals surface area (Å²) in [4.78, 5) is 17.4. The number of hydrogen-bond acceptors (Lipinski definition) is 3. The van der Waals surface area contributed by atoms with Crippen molar-refractivity contribution in [3.8, 4) is 5.75 Å². The molecule has 4 nitrogen and oxygen atoms in total. The Kier molecular flexibility index (Phi) is 7.93. The number of nitrogens with two attached hydrogens (primary N) is 1. The van der Waals surface area contributed by atoms with E-state index in [1.165, 1.54) is 70.6 Å². The molecule has 5 rings (SSSR count). The van der Waals surface area contributed by atoms with E-state index < -0.39 is 0 Å². The maximum Gasteiger partial charge on any atom is 0.276 e. The zero-order valence-electron chi connectivity index (χ0n) is 23.5. The Morgan fingerprint density at radius 1 is 1.03 bits per heavy atom. The molecule has 2 unspecified atom stereocenters. The Bertz CT molecular complexity index is 958. The monoisotopic (exact) mass is 506 g/mol. The van der Waals surface area contributed by atoms with Crippen LogP contribution < -0.4 is 16.1 Å². The predicted octanol–water partition coefficient (Wildman–Crippen LogP) is 8.09. The number of rotatable bonds is 8. The normalized spacial score (nSPS) is 37.9. The van der Waals surface area contributed by atoms with Crippen LogP contribution in [-0.4, -0.2) is 5.91 Å². The molecule has 0 bridgehead atoms. The first-order valence-electron chi connectivity index (χ1n) is 15.3. The highest BCUT2D eigenvalue weighted by Gasteiger charge is 2.60. The van der Waals surface area contributed by atoms with E-state index in [1.54, 1.807) is 30.3 Å². The minimum absolute atomic E-state index is 0.228. The zero-order chi connectivity index (χ0) is 26.0. The van der Waals surface area contributed by atoms with Gasteiger partial charge in [-0.15, -0.1) is 0 Å². The number of hydroxylamine groups is 1. The molecule has 1 aromatic carbocycles. The minimum atomic E-state index is -0.228. The van der Waals surface area contributed by atoms with Crippen LogP contribution in [-0.2, 0) is 4.79 Å². The minimum Gasteiger partial charge on any atom is -0.399 e. The van der Waals surface area contributed by atoms with Crippen LogP contribution in [0.2, 0.25) is 0 Å². The highest BCUT2D eigenvalue weighted by molar-refractivity contribution is 5.86. The molecule has 8 atom stereocenters.